The van der Waals surface area contributed by atoms with Crippen molar-refractivity contribution in [2.24, 2.45) is 29.6 Å². The molecule has 2 aromatic carbocycles. The van der Waals surface area contributed by atoms with Gasteiger partial charge >= 0.3 is 23.9 Å². The number of benzene rings is 2. The van der Waals surface area contributed by atoms with Crippen LogP contribution in [0.15, 0.2) is 54.6 Å². The van der Waals surface area contributed by atoms with Crippen LogP contribution in [0.5, 0.6) is 5.75 Å². The van der Waals surface area contributed by atoms with E-state index in [1.165, 1.54) is 63.5 Å². The summed E-state index contributed by atoms with van der Waals surface area (Å²) >= 11 is 0. The molecule has 0 amide bonds. The van der Waals surface area contributed by atoms with Gasteiger partial charge in [0.15, 0.2) is 5.60 Å². The van der Waals surface area contributed by atoms with Crippen molar-refractivity contribution in [3.8, 4) is 30.4 Å². The Balaban J connectivity index is 0.965. The Kier molecular flexibility index (Phi) is 18.2. The van der Waals surface area contributed by atoms with E-state index in [4.69, 9.17) is 31.8 Å². The van der Waals surface area contributed by atoms with Gasteiger partial charge in [0.2, 0.25) is 0 Å². The zero-order valence-corrected chi connectivity index (χ0v) is 35.1. The Hall–Kier alpha value is -4.82. The molecular weight excluding hydrogens is 741 g/mol. The summed E-state index contributed by atoms with van der Waals surface area (Å²) in [5.74, 6) is 5.68. The summed E-state index contributed by atoms with van der Waals surface area (Å²) in [4.78, 5) is 51.2. The smallest absolute Gasteiger partial charge is 0.339 e. The average Bonchev–Trinajstić information content (AvgIpc) is 3.27. The highest BCUT2D eigenvalue weighted by Crippen LogP contribution is 2.44. The van der Waals surface area contributed by atoms with Crippen LogP contribution in [0.3, 0.4) is 0 Å². The minimum absolute atomic E-state index is 0.209. The third-order valence-electron chi connectivity index (χ3n) is 12.9. The Morgan fingerprint density at radius 2 is 1.37 bits per heavy atom. The van der Waals surface area contributed by atoms with Crippen LogP contribution >= 0.6 is 0 Å². The molecule has 0 heterocycles. The average molecular weight is 805 g/mol. The molecule has 0 radical (unpaired) electrons. The highest BCUT2D eigenvalue weighted by atomic mass is 16.6. The van der Waals surface area contributed by atoms with Crippen LogP contribution in [0.4, 0.5) is 0 Å². The third kappa shape index (κ3) is 14.2. The van der Waals surface area contributed by atoms with E-state index in [1.54, 1.807) is 18.2 Å². The van der Waals surface area contributed by atoms with E-state index in [-0.39, 0.29) is 40.7 Å². The van der Waals surface area contributed by atoms with E-state index in [0.29, 0.717) is 57.7 Å². The van der Waals surface area contributed by atoms with Gasteiger partial charge in [0, 0.05) is 6.08 Å². The Bertz CT molecular complexity index is 1770. The van der Waals surface area contributed by atoms with Crippen molar-refractivity contribution in [1.82, 2.24) is 0 Å². The minimum Gasteiger partial charge on any atom is -0.465 e. The highest BCUT2D eigenvalue weighted by Gasteiger charge is 2.40. The summed E-state index contributed by atoms with van der Waals surface area (Å²) in [5, 5.41) is 0. The number of hydrogen-bond donors (Lipinski definition) is 0. The first-order chi connectivity index (χ1) is 28.7. The molecule has 5 rings (SSSR count). The lowest BCUT2D eigenvalue weighted by molar-refractivity contribution is -0.152. The van der Waals surface area contributed by atoms with Gasteiger partial charge in [0.05, 0.1) is 36.2 Å². The summed E-state index contributed by atoms with van der Waals surface area (Å²) in [5.41, 5.74) is 0.557. The van der Waals surface area contributed by atoms with Crippen molar-refractivity contribution in [3.63, 3.8) is 0 Å². The fourth-order valence-electron chi connectivity index (χ4n) is 9.13. The molecule has 8 heteroatoms. The fraction of sp³-hybridized carbons (Fsp3) is 0.569. The summed E-state index contributed by atoms with van der Waals surface area (Å²) in [6.45, 7) is 2.95. The summed E-state index contributed by atoms with van der Waals surface area (Å²) in [7, 11) is 0. The van der Waals surface area contributed by atoms with Gasteiger partial charge in [-0.25, -0.2) is 9.59 Å². The number of carbonyl (C=O) groups excluding carboxylic acids is 4. The Labute approximate surface area is 352 Å². The molecule has 0 N–H and O–H groups in total. The van der Waals surface area contributed by atoms with E-state index in [0.717, 1.165) is 55.9 Å². The zero-order chi connectivity index (χ0) is 41.9. The van der Waals surface area contributed by atoms with E-state index in [1.807, 2.05) is 30.3 Å². The minimum atomic E-state index is -0.932. The largest absolute Gasteiger partial charge is 0.465 e. The van der Waals surface area contributed by atoms with E-state index in [2.05, 4.69) is 18.8 Å². The molecule has 59 heavy (non-hydrogen) atoms. The molecule has 3 fully saturated rings. The number of hydrogen-bond acceptors (Lipinski definition) is 8. The van der Waals surface area contributed by atoms with Gasteiger partial charge in [-0.2, -0.15) is 0 Å². The molecule has 3 aliphatic rings. The second kappa shape index (κ2) is 23.7. The number of unbranched alkanes of at least 4 members (excludes halogenated alkanes) is 5. The predicted molar refractivity (Wildman–Crippen MR) is 230 cm³/mol. The number of rotatable bonds is 19. The predicted octanol–water partition coefficient (Wildman–Crippen LogP) is 10.8. The lowest BCUT2D eigenvalue weighted by Gasteiger charge is -2.41. The van der Waals surface area contributed by atoms with Crippen LogP contribution in [0.25, 0.3) is 6.08 Å². The van der Waals surface area contributed by atoms with Gasteiger partial charge in [-0.05, 0) is 137 Å². The summed E-state index contributed by atoms with van der Waals surface area (Å²) in [6, 6.07) is 14.2. The maximum atomic E-state index is 13.4. The second-order valence-corrected chi connectivity index (χ2v) is 17.0. The van der Waals surface area contributed by atoms with Crippen LogP contribution in [-0.2, 0) is 28.6 Å². The zero-order valence-electron chi connectivity index (χ0n) is 35.1. The van der Waals surface area contributed by atoms with E-state index >= 15 is 0 Å². The van der Waals surface area contributed by atoms with Crippen LogP contribution in [0, 0.1) is 54.3 Å². The first-order valence-corrected chi connectivity index (χ1v) is 22.3. The number of esters is 4. The Morgan fingerprint density at radius 1 is 0.729 bits per heavy atom. The monoisotopic (exact) mass is 804 g/mol. The molecule has 0 spiro atoms. The van der Waals surface area contributed by atoms with Crippen molar-refractivity contribution in [1.29, 1.82) is 0 Å². The van der Waals surface area contributed by atoms with Gasteiger partial charge in [-0.1, -0.05) is 87.6 Å². The molecule has 3 saturated carbocycles. The molecule has 0 atom stereocenters. The number of ether oxygens (including phenoxy) is 4. The number of terminal acetylenes is 2. The molecule has 0 bridgehead atoms. The molecule has 3 aliphatic carbocycles. The maximum absolute atomic E-state index is 13.4. The van der Waals surface area contributed by atoms with Crippen LogP contribution in [-0.4, -0.2) is 42.7 Å². The van der Waals surface area contributed by atoms with Gasteiger partial charge in [0.1, 0.15) is 5.75 Å². The topological polar surface area (TPSA) is 105 Å². The van der Waals surface area contributed by atoms with Crippen molar-refractivity contribution < 1.29 is 38.1 Å². The van der Waals surface area contributed by atoms with Crippen molar-refractivity contribution in [2.45, 2.75) is 141 Å². The number of carbonyl (C=O) groups is 4. The van der Waals surface area contributed by atoms with Gasteiger partial charge in [-0.15, -0.1) is 12.8 Å². The normalized spacial score (nSPS) is 24.3. The van der Waals surface area contributed by atoms with Crippen LogP contribution in [0.2, 0.25) is 0 Å². The van der Waals surface area contributed by atoms with Crippen LogP contribution in [0.1, 0.15) is 157 Å². The fourth-order valence-corrected chi connectivity index (χ4v) is 9.13. The molecule has 316 valence electrons. The van der Waals surface area contributed by atoms with Crippen molar-refractivity contribution in [3.05, 3.63) is 71.3 Å². The SMILES string of the molecule is C#Cc1cc(C(=O)OC2(C#C)CCC(C3CCC(CCCCC)CC3)CC2)ccc1OC(=O)C1CCC(C(=O)OCCCCCCOC(=O)/C=C/c2ccccc2)CC1. The first kappa shape index (κ1) is 45.3. The van der Waals surface area contributed by atoms with Crippen LogP contribution < -0.4 is 4.74 Å². The molecule has 0 saturated heterocycles. The third-order valence-corrected chi connectivity index (χ3v) is 12.9. The van der Waals surface area contributed by atoms with Gasteiger partial charge in [-0.3, -0.25) is 9.59 Å². The van der Waals surface area contributed by atoms with E-state index in [9.17, 15) is 19.2 Å². The molecule has 0 unspecified atom stereocenters. The molecule has 0 aliphatic heterocycles. The van der Waals surface area contributed by atoms with Crippen molar-refractivity contribution in [2.75, 3.05) is 13.2 Å². The lowest BCUT2D eigenvalue weighted by Crippen LogP contribution is -2.39. The molecular formula is C51H64O8. The molecule has 2 aromatic rings. The first-order valence-electron chi connectivity index (χ1n) is 22.3. The van der Waals surface area contributed by atoms with E-state index < -0.39 is 17.5 Å². The van der Waals surface area contributed by atoms with Gasteiger partial charge < -0.3 is 18.9 Å². The molecule has 8 nitrogen and oxygen atoms in total. The maximum Gasteiger partial charge on any atom is 0.339 e. The standard InChI is InChI=1S/C51H64O8/c1-4-7-11-16-39-19-22-41(23-20-39)42-31-33-51(6-3,34-32-42)59-50(55)45-28-29-46(40(5-2)37-45)58-49(54)44-26-24-43(25-27-44)48(53)57-36-15-9-8-14-35-56-47(52)30-21-38-17-12-10-13-18-38/h2-3,10,12-13,17-18,21,28-30,37,39,41-44H,4,7-9,11,14-16,19-20,22-27,31-36H2,1H3/b30-21+. The Morgan fingerprint density at radius 3 is 2.02 bits per heavy atom. The highest BCUT2D eigenvalue weighted by molar-refractivity contribution is 5.91. The summed E-state index contributed by atoms with van der Waals surface area (Å²) < 4.78 is 22.6. The lowest BCUT2D eigenvalue weighted by atomic mass is 9.67. The van der Waals surface area contributed by atoms with Gasteiger partial charge in [0.25, 0.3) is 0 Å². The second-order valence-electron chi connectivity index (χ2n) is 17.0. The van der Waals surface area contributed by atoms with Crippen molar-refractivity contribution >= 4 is 30.0 Å². The summed E-state index contributed by atoms with van der Waals surface area (Å²) in [6.07, 6.45) is 34.1. The molecule has 0 aromatic heterocycles. The quantitative estimate of drug-likeness (QED) is 0.0345.